The largest absolute Gasteiger partial charge is 0.497 e. The van der Waals surface area contributed by atoms with Crippen molar-refractivity contribution in [3.05, 3.63) is 29.8 Å². The molecule has 4 nitrogen and oxygen atoms in total. The van der Waals surface area contributed by atoms with Crippen molar-refractivity contribution in [3.63, 3.8) is 0 Å². The second-order valence-electron chi connectivity index (χ2n) is 4.59. The molecule has 0 aliphatic heterocycles. The van der Waals surface area contributed by atoms with E-state index in [-0.39, 0.29) is 18.6 Å². The van der Waals surface area contributed by atoms with Gasteiger partial charge in [-0.05, 0) is 36.5 Å². The molecule has 2 rings (SSSR count). The first-order valence-corrected chi connectivity index (χ1v) is 6.17. The first-order chi connectivity index (χ1) is 8.74. The summed E-state index contributed by atoms with van der Waals surface area (Å²) >= 11 is 0. The fourth-order valence-electron chi connectivity index (χ4n) is 2.06. The van der Waals surface area contributed by atoms with Crippen molar-refractivity contribution in [1.82, 2.24) is 5.32 Å². The third-order valence-corrected chi connectivity index (χ3v) is 3.16. The highest BCUT2D eigenvalue weighted by Gasteiger charge is 2.33. The van der Waals surface area contributed by atoms with Crippen LogP contribution in [0.15, 0.2) is 24.3 Å². The molecule has 0 radical (unpaired) electrons. The minimum atomic E-state index is -0.0646. The van der Waals surface area contributed by atoms with E-state index in [9.17, 15) is 4.79 Å². The van der Waals surface area contributed by atoms with E-state index in [4.69, 9.17) is 9.47 Å². The number of amides is 1. The predicted octanol–water partition coefficient (Wildman–Crippen LogP) is 1.91. The summed E-state index contributed by atoms with van der Waals surface area (Å²) in [6, 6.07) is 7.96. The van der Waals surface area contributed by atoms with Crippen molar-refractivity contribution < 1.29 is 14.3 Å². The SMILES string of the molecule is COCC(=O)NC(c1ccc(OC)cc1)C1CC1. The standard InChI is InChI=1S/C14H19NO3/c1-17-9-13(16)15-14(10-3-4-10)11-5-7-12(18-2)8-6-11/h5-8,10,14H,3-4,9H2,1-2H3,(H,15,16). The lowest BCUT2D eigenvalue weighted by atomic mass is 10.0. The second kappa shape index (κ2) is 5.87. The molecular formula is C14H19NO3. The number of ether oxygens (including phenoxy) is 2. The lowest BCUT2D eigenvalue weighted by molar-refractivity contribution is -0.125. The zero-order valence-electron chi connectivity index (χ0n) is 10.8. The molecule has 1 aliphatic rings. The van der Waals surface area contributed by atoms with Gasteiger partial charge in [-0.2, -0.15) is 0 Å². The Morgan fingerprint density at radius 3 is 2.50 bits per heavy atom. The van der Waals surface area contributed by atoms with Gasteiger partial charge < -0.3 is 14.8 Å². The van der Waals surface area contributed by atoms with E-state index in [0.29, 0.717) is 5.92 Å². The van der Waals surface area contributed by atoms with E-state index in [1.54, 1.807) is 7.11 Å². The summed E-state index contributed by atoms with van der Waals surface area (Å²) in [5, 5.41) is 3.03. The van der Waals surface area contributed by atoms with Gasteiger partial charge in [-0.15, -0.1) is 0 Å². The van der Waals surface area contributed by atoms with Gasteiger partial charge in [0.2, 0.25) is 5.91 Å². The average molecular weight is 249 g/mol. The molecule has 4 heteroatoms. The van der Waals surface area contributed by atoms with Crippen LogP contribution in [-0.4, -0.2) is 26.7 Å². The number of carbonyl (C=O) groups is 1. The van der Waals surface area contributed by atoms with E-state index in [2.05, 4.69) is 5.32 Å². The fraction of sp³-hybridized carbons (Fsp3) is 0.500. The number of rotatable bonds is 6. The molecule has 1 N–H and O–H groups in total. The number of methoxy groups -OCH3 is 2. The van der Waals surface area contributed by atoms with Crippen LogP contribution in [0.2, 0.25) is 0 Å². The molecule has 1 unspecified atom stereocenters. The van der Waals surface area contributed by atoms with Crippen LogP contribution in [0.5, 0.6) is 5.75 Å². The Morgan fingerprint density at radius 1 is 1.33 bits per heavy atom. The van der Waals surface area contributed by atoms with E-state index >= 15 is 0 Å². The smallest absolute Gasteiger partial charge is 0.246 e. The molecule has 1 saturated carbocycles. The Balaban J connectivity index is 2.06. The Hall–Kier alpha value is -1.55. The molecule has 18 heavy (non-hydrogen) atoms. The lowest BCUT2D eigenvalue weighted by Gasteiger charge is -2.19. The molecule has 98 valence electrons. The van der Waals surface area contributed by atoms with Crippen LogP contribution < -0.4 is 10.1 Å². The summed E-state index contributed by atoms with van der Waals surface area (Å²) in [5.41, 5.74) is 1.13. The molecule has 1 aromatic rings. The molecule has 0 bridgehead atoms. The second-order valence-corrected chi connectivity index (χ2v) is 4.59. The molecule has 1 aliphatic carbocycles. The fourth-order valence-corrected chi connectivity index (χ4v) is 2.06. The Labute approximate surface area is 107 Å². The maximum absolute atomic E-state index is 11.6. The maximum Gasteiger partial charge on any atom is 0.246 e. The summed E-state index contributed by atoms with van der Waals surface area (Å²) in [6.07, 6.45) is 2.34. The Bertz CT molecular complexity index is 398. The normalized spacial score (nSPS) is 16.1. The summed E-state index contributed by atoms with van der Waals surface area (Å²) in [5.74, 6) is 1.32. The van der Waals surface area contributed by atoms with Crippen LogP contribution in [0.4, 0.5) is 0 Å². The lowest BCUT2D eigenvalue weighted by Crippen LogP contribution is -2.32. The van der Waals surface area contributed by atoms with Crippen LogP contribution >= 0.6 is 0 Å². The number of hydrogen-bond donors (Lipinski definition) is 1. The van der Waals surface area contributed by atoms with Crippen molar-refractivity contribution in [2.45, 2.75) is 18.9 Å². The summed E-state index contributed by atoms with van der Waals surface area (Å²) in [7, 11) is 3.17. The Morgan fingerprint density at radius 2 is 2.00 bits per heavy atom. The molecule has 1 amide bonds. The topological polar surface area (TPSA) is 47.6 Å². The van der Waals surface area contributed by atoms with E-state index in [0.717, 1.165) is 11.3 Å². The average Bonchev–Trinajstić information content (AvgIpc) is 3.21. The number of benzene rings is 1. The molecule has 0 spiro atoms. The van der Waals surface area contributed by atoms with E-state index in [1.165, 1.54) is 20.0 Å². The van der Waals surface area contributed by atoms with Gasteiger partial charge in [-0.25, -0.2) is 0 Å². The molecule has 0 saturated heterocycles. The molecule has 1 aromatic carbocycles. The quantitative estimate of drug-likeness (QED) is 0.837. The highest BCUT2D eigenvalue weighted by atomic mass is 16.5. The molecule has 0 heterocycles. The zero-order chi connectivity index (χ0) is 13.0. The van der Waals surface area contributed by atoms with Gasteiger partial charge in [0.05, 0.1) is 13.2 Å². The first kappa shape index (κ1) is 12.9. The molecular weight excluding hydrogens is 230 g/mol. The van der Waals surface area contributed by atoms with Crippen molar-refractivity contribution in [3.8, 4) is 5.75 Å². The van der Waals surface area contributed by atoms with Gasteiger partial charge in [-0.3, -0.25) is 4.79 Å². The molecule has 1 atom stereocenters. The minimum absolute atomic E-state index is 0.0646. The van der Waals surface area contributed by atoms with Crippen molar-refractivity contribution in [2.75, 3.05) is 20.8 Å². The van der Waals surface area contributed by atoms with Crippen molar-refractivity contribution >= 4 is 5.91 Å². The van der Waals surface area contributed by atoms with Crippen LogP contribution in [0.3, 0.4) is 0 Å². The van der Waals surface area contributed by atoms with Crippen LogP contribution in [-0.2, 0) is 9.53 Å². The minimum Gasteiger partial charge on any atom is -0.497 e. The van der Waals surface area contributed by atoms with Gasteiger partial charge in [0.15, 0.2) is 0 Å². The Kier molecular flexibility index (Phi) is 4.20. The third-order valence-electron chi connectivity index (χ3n) is 3.16. The molecule has 0 aromatic heterocycles. The van der Waals surface area contributed by atoms with Crippen LogP contribution in [0.1, 0.15) is 24.4 Å². The van der Waals surface area contributed by atoms with E-state index in [1.807, 2.05) is 24.3 Å². The van der Waals surface area contributed by atoms with Crippen LogP contribution in [0, 0.1) is 5.92 Å². The number of hydrogen-bond acceptors (Lipinski definition) is 3. The van der Waals surface area contributed by atoms with Crippen LogP contribution in [0.25, 0.3) is 0 Å². The van der Waals surface area contributed by atoms with Gasteiger partial charge in [0, 0.05) is 7.11 Å². The first-order valence-electron chi connectivity index (χ1n) is 6.17. The highest BCUT2D eigenvalue weighted by Crippen LogP contribution is 2.41. The monoisotopic (exact) mass is 249 g/mol. The zero-order valence-corrected chi connectivity index (χ0v) is 10.8. The van der Waals surface area contributed by atoms with Gasteiger partial charge >= 0.3 is 0 Å². The van der Waals surface area contributed by atoms with Gasteiger partial charge in [-0.1, -0.05) is 12.1 Å². The highest BCUT2D eigenvalue weighted by molar-refractivity contribution is 5.77. The summed E-state index contributed by atoms with van der Waals surface area (Å²) in [6.45, 7) is 0.110. The van der Waals surface area contributed by atoms with Crippen molar-refractivity contribution in [1.29, 1.82) is 0 Å². The van der Waals surface area contributed by atoms with E-state index < -0.39 is 0 Å². The van der Waals surface area contributed by atoms with Gasteiger partial charge in [0.25, 0.3) is 0 Å². The third kappa shape index (κ3) is 3.23. The maximum atomic E-state index is 11.6. The van der Waals surface area contributed by atoms with Crippen molar-refractivity contribution in [2.24, 2.45) is 5.92 Å². The predicted molar refractivity (Wildman–Crippen MR) is 68.5 cm³/mol. The number of carbonyl (C=O) groups excluding carboxylic acids is 1. The summed E-state index contributed by atoms with van der Waals surface area (Å²) in [4.78, 5) is 11.6. The summed E-state index contributed by atoms with van der Waals surface area (Å²) < 4.78 is 9.98. The molecule has 1 fully saturated rings. The number of nitrogens with one attached hydrogen (secondary N) is 1. The van der Waals surface area contributed by atoms with Gasteiger partial charge in [0.1, 0.15) is 12.4 Å².